The molecule has 0 atom stereocenters. The van der Waals surface area contributed by atoms with Crippen LogP contribution < -0.4 is 5.43 Å². The summed E-state index contributed by atoms with van der Waals surface area (Å²) in [6, 6.07) is 1.40. The predicted molar refractivity (Wildman–Crippen MR) is 69.0 cm³/mol. The first-order chi connectivity index (χ1) is 8.50. The molecule has 0 saturated heterocycles. The second-order valence-electron chi connectivity index (χ2n) is 5.19. The lowest BCUT2D eigenvalue weighted by Gasteiger charge is -2.17. The van der Waals surface area contributed by atoms with Gasteiger partial charge in [0.2, 0.25) is 0 Å². The Hall–Kier alpha value is -1.58. The molecule has 0 unspecified atom stereocenters. The molecule has 1 heterocycles. The number of aromatic nitrogens is 1. The van der Waals surface area contributed by atoms with Crippen molar-refractivity contribution in [1.29, 1.82) is 0 Å². The molecule has 0 bridgehead atoms. The van der Waals surface area contributed by atoms with Gasteiger partial charge in [-0.25, -0.2) is 4.79 Å². The standard InChI is InChI=1S/C14H19NO3/c1-9-7-12(16)13(14(17)18)11(15(9)2)8-10-5-3-4-6-10/h7,10H,3-6,8H2,1-2H3,(H,17,18). The molecule has 1 aromatic heterocycles. The highest BCUT2D eigenvalue weighted by Crippen LogP contribution is 2.28. The summed E-state index contributed by atoms with van der Waals surface area (Å²) in [6.45, 7) is 1.84. The van der Waals surface area contributed by atoms with Crippen molar-refractivity contribution in [2.45, 2.75) is 39.0 Å². The van der Waals surface area contributed by atoms with Crippen LogP contribution in [-0.2, 0) is 13.5 Å². The molecule has 1 saturated carbocycles. The van der Waals surface area contributed by atoms with Gasteiger partial charge in [0, 0.05) is 24.5 Å². The highest BCUT2D eigenvalue weighted by molar-refractivity contribution is 5.88. The van der Waals surface area contributed by atoms with E-state index in [0.717, 1.165) is 18.5 Å². The van der Waals surface area contributed by atoms with Gasteiger partial charge in [0.05, 0.1) is 0 Å². The smallest absolute Gasteiger partial charge is 0.341 e. The topological polar surface area (TPSA) is 59.3 Å². The predicted octanol–water partition coefficient (Wildman–Crippen LogP) is 2.12. The summed E-state index contributed by atoms with van der Waals surface area (Å²) in [6.07, 6.45) is 5.41. The molecule has 0 aliphatic heterocycles. The van der Waals surface area contributed by atoms with Crippen LogP contribution in [0.25, 0.3) is 0 Å². The van der Waals surface area contributed by atoms with E-state index in [1.807, 2.05) is 18.5 Å². The molecule has 0 amide bonds. The van der Waals surface area contributed by atoms with Gasteiger partial charge in [-0.1, -0.05) is 25.7 Å². The molecule has 1 fully saturated rings. The van der Waals surface area contributed by atoms with Gasteiger partial charge in [0.1, 0.15) is 5.56 Å². The Morgan fingerprint density at radius 1 is 1.44 bits per heavy atom. The van der Waals surface area contributed by atoms with E-state index >= 15 is 0 Å². The minimum Gasteiger partial charge on any atom is -0.477 e. The van der Waals surface area contributed by atoms with Crippen molar-refractivity contribution in [3.05, 3.63) is 33.2 Å². The average molecular weight is 249 g/mol. The van der Waals surface area contributed by atoms with Gasteiger partial charge >= 0.3 is 5.97 Å². The van der Waals surface area contributed by atoms with Crippen LogP contribution in [0.4, 0.5) is 0 Å². The molecule has 18 heavy (non-hydrogen) atoms. The molecule has 4 nitrogen and oxygen atoms in total. The Morgan fingerprint density at radius 2 is 2.06 bits per heavy atom. The summed E-state index contributed by atoms with van der Waals surface area (Å²) < 4.78 is 1.85. The molecule has 0 aromatic carbocycles. The maximum Gasteiger partial charge on any atom is 0.341 e. The summed E-state index contributed by atoms with van der Waals surface area (Å²) >= 11 is 0. The van der Waals surface area contributed by atoms with Crippen LogP contribution in [-0.4, -0.2) is 15.6 Å². The maximum absolute atomic E-state index is 11.8. The first-order valence-electron chi connectivity index (χ1n) is 6.43. The minimum atomic E-state index is -1.11. The van der Waals surface area contributed by atoms with E-state index in [1.54, 1.807) is 0 Å². The molecule has 98 valence electrons. The summed E-state index contributed by atoms with van der Waals surface area (Å²) in [4.78, 5) is 23.1. The van der Waals surface area contributed by atoms with Gasteiger partial charge in [0.15, 0.2) is 5.43 Å². The monoisotopic (exact) mass is 249 g/mol. The third kappa shape index (κ3) is 2.33. The van der Waals surface area contributed by atoms with E-state index in [-0.39, 0.29) is 11.0 Å². The second-order valence-corrected chi connectivity index (χ2v) is 5.19. The fourth-order valence-corrected chi connectivity index (χ4v) is 2.84. The number of hydrogen-bond acceptors (Lipinski definition) is 2. The number of carboxylic acids is 1. The molecule has 1 aliphatic rings. The Balaban J connectivity index is 2.48. The van der Waals surface area contributed by atoms with Crippen LogP contribution in [0.15, 0.2) is 10.9 Å². The van der Waals surface area contributed by atoms with E-state index in [2.05, 4.69) is 0 Å². The summed E-state index contributed by atoms with van der Waals surface area (Å²) in [7, 11) is 1.84. The van der Waals surface area contributed by atoms with E-state index in [1.165, 1.54) is 18.9 Å². The Labute approximate surface area is 106 Å². The zero-order valence-electron chi connectivity index (χ0n) is 10.9. The van der Waals surface area contributed by atoms with Gasteiger partial charge in [-0.3, -0.25) is 4.79 Å². The number of nitrogens with zero attached hydrogens (tertiary/aromatic N) is 1. The molecule has 4 heteroatoms. The maximum atomic E-state index is 11.8. The van der Waals surface area contributed by atoms with E-state index in [4.69, 9.17) is 0 Å². The van der Waals surface area contributed by atoms with Crippen LogP contribution in [0, 0.1) is 12.8 Å². The summed E-state index contributed by atoms with van der Waals surface area (Å²) in [5.41, 5.74) is 1.08. The highest BCUT2D eigenvalue weighted by atomic mass is 16.4. The number of carbonyl (C=O) groups is 1. The molecule has 0 spiro atoms. The largest absolute Gasteiger partial charge is 0.477 e. The SMILES string of the molecule is Cc1cc(=O)c(C(=O)O)c(CC2CCCC2)n1C. The number of rotatable bonds is 3. The van der Waals surface area contributed by atoms with Crippen molar-refractivity contribution in [3.63, 3.8) is 0 Å². The van der Waals surface area contributed by atoms with Gasteiger partial charge in [-0.2, -0.15) is 0 Å². The number of hydrogen-bond donors (Lipinski definition) is 1. The molecule has 1 N–H and O–H groups in total. The van der Waals surface area contributed by atoms with Crippen LogP contribution in [0.5, 0.6) is 0 Å². The van der Waals surface area contributed by atoms with Crippen LogP contribution >= 0.6 is 0 Å². The summed E-state index contributed by atoms with van der Waals surface area (Å²) in [5.74, 6) is -0.584. The molecule has 1 aromatic rings. The molecule has 1 aliphatic carbocycles. The third-order valence-corrected chi connectivity index (χ3v) is 3.98. The van der Waals surface area contributed by atoms with E-state index in [9.17, 15) is 14.7 Å². The van der Waals surface area contributed by atoms with Crippen molar-refractivity contribution >= 4 is 5.97 Å². The summed E-state index contributed by atoms with van der Waals surface area (Å²) in [5, 5.41) is 9.22. The van der Waals surface area contributed by atoms with Crippen molar-refractivity contribution in [3.8, 4) is 0 Å². The molecule has 2 rings (SSSR count). The highest BCUT2D eigenvalue weighted by Gasteiger charge is 2.23. The molecular formula is C14H19NO3. The van der Waals surface area contributed by atoms with Gasteiger partial charge < -0.3 is 9.67 Å². The quantitative estimate of drug-likeness (QED) is 0.892. The number of carboxylic acid groups (broad SMARTS) is 1. The minimum absolute atomic E-state index is 0.0463. The van der Waals surface area contributed by atoms with Gasteiger partial charge in [0.25, 0.3) is 0 Å². The van der Waals surface area contributed by atoms with Crippen molar-refractivity contribution in [2.75, 3.05) is 0 Å². The van der Waals surface area contributed by atoms with Crippen molar-refractivity contribution in [2.24, 2.45) is 13.0 Å². The first kappa shape index (κ1) is 12.9. The number of aryl methyl sites for hydroxylation is 1. The third-order valence-electron chi connectivity index (χ3n) is 3.98. The first-order valence-corrected chi connectivity index (χ1v) is 6.43. The second kappa shape index (κ2) is 4.96. The van der Waals surface area contributed by atoms with Gasteiger partial charge in [-0.15, -0.1) is 0 Å². The Kier molecular flexibility index (Phi) is 3.55. The van der Waals surface area contributed by atoms with Crippen LogP contribution in [0.3, 0.4) is 0 Å². The van der Waals surface area contributed by atoms with Crippen LogP contribution in [0.2, 0.25) is 0 Å². The fraction of sp³-hybridized carbons (Fsp3) is 0.571. The van der Waals surface area contributed by atoms with Crippen LogP contribution in [0.1, 0.15) is 47.4 Å². The normalized spacial score (nSPS) is 16.1. The Bertz CT molecular complexity index is 525. The molecular weight excluding hydrogens is 230 g/mol. The zero-order chi connectivity index (χ0) is 13.3. The van der Waals surface area contributed by atoms with E-state index in [0.29, 0.717) is 18.0 Å². The number of aromatic carboxylic acids is 1. The van der Waals surface area contributed by atoms with E-state index < -0.39 is 5.97 Å². The Morgan fingerprint density at radius 3 is 2.61 bits per heavy atom. The fourth-order valence-electron chi connectivity index (χ4n) is 2.84. The van der Waals surface area contributed by atoms with Gasteiger partial charge in [-0.05, 0) is 19.3 Å². The lowest BCUT2D eigenvalue weighted by atomic mass is 9.97. The average Bonchev–Trinajstić information content (AvgIpc) is 2.77. The lowest BCUT2D eigenvalue weighted by Crippen LogP contribution is -2.24. The lowest BCUT2D eigenvalue weighted by molar-refractivity contribution is 0.0692. The molecule has 0 radical (unpaired) electrons. The van der Waals surface area contributed by atoms with Crippen molar-refractivity contribution < 1.29 is 9.90 Å². The van der Waals surface area contributed by atoms with Crippen molar-refractivity contribution in [1.82, 2.24) is 4.57 Å². The number of pyridine rings is 1. The zero-order valence-corrected chi connectivity index (χ0v) is 10.9.